The van der Waals surface area contributed by atoms with Crippen LogP contribution in [-0.4, -0.2) is 39.0 Å². The second kappa shape index (κ2) is 27.1. The van der Waals surface area contributed by atoms with Crippen molar-refractivity contribution >= 4 is 23.2 Å². The summed E-state index contributed by atoms with van der Waals surface area (Å²) < 4.78 is 25.2. The lowest BCUT2D eigenvalue weighted by molar-refractivity contribution is 0.104. The molecule has 4 nitrogen and oxygen atoms in total. The number of hydrogen-bond acceptors (Lipinski definition) is 3. The molecule has 0 spiro atoms. The third-order valence-corrected chi connectivity index (χ3v) is 15.9. The molecule has 0 aromatic heterocycles. The highest BCUT2D eigenvalue weighted by molar-refractivity contribution is 7.95. The lowest BCUT2D eigenvalue weighted by atomic mass is 10.1. The Hall–Kier alpha value is -0.930. The standard InChI is InChI=1S/C32H68P.C7H5NO3S/c1-5-9-13-17-18-19-20-21-22-23-24-28-32-33(29-25-14-10-6-2,30-26-15-11-7-3)31-27-16-12-8-4;9-7-5-3-1-2-4-6(5)12(10,11)8-7/h5-32H2,1-4H3;1-4H,(H,8,9)/q+1;/p-1. The molecule has 2 rings (SSSR count). The summed E-state index contributed by atoms with van der Waals surface area (Å²) in [6.45, 7) is 9.41. The molecule has 1 aromatic carbocycles. The Kier molecular flexibility index (Phi) is 25.3. The first-order chi connectivity index (χ1) is 21.9. The van der Waals surface area contributed by atoms with Crippen LogP contribution < -0.4 is 0 Å². The van der Waals surface area contributed by atoms with Crippen LogP contribution in [0.2, 0.25) is 0 Å². The van der Waals surface area contributed by atoms with Crippen LogP contribution in [0.1, 0.15) is 192 Å². The average molecular weight is 666 g/mol. The van der Waals surface area contributed by atoms with Crippen LogP contribution in [0.4, 0.5) is 0 Å². The number of amides is 1. The van der Waals surface area contributed by atoms with Gasteiger partial charge >= 0.3 is 0 Å². The first-order valence-electron chi connectivity index (χ1n) is 19.3. The fourth-order valence-corrected chi connectivity index (χ4v) is 12.7. The van der Waals surface area contributed by atoms with E-state index in [9.17, 15) is 13.2 Å². The van der Waals surface area contributed by atoms with E-state index in [1.807, 2.05) is 0 Å². The molecular formula is C39H72NO3PS. The fraction of sp³-hybridized carbons (Fsp3) is 0.821. The van der Waals surface area contributed by atoms with Crippen LogP contribution in [0, 0.1) is 0 Å². The van der Waals surface area contributed by atoms with Gasteiger partial charge in [0.05, 0.1) is 35.5 Å². The average Bonchev–Trinajstić information content (AvgIpc) is 3.28. The van der Waals surface area contributed by atoms with Crippen molar-refractivity contribution in [1.29, 1.82) is 0 Å². The molecule has 1 aliphatic rings. The zero-order valence-corrected chi connectivity index (χ0v) is 31.8. The van der Waals surface area contributed by atoms with E-state index in [1.165, 1.54) is 141 Å². The van der Waals surface area contributed by atoms with Gasteiger partial charge < -0.3 is 9.52 Å². The number of fused-ring (bicyclic) bond motifs is 1. The number of hydrogen-bond donors (Lipinski definition) is 0. The molecule has 1 aliphatic heterocycles. The molecule has 0 saturated heterocycles. The Morgan fingerprint density at radius 3 is 1.16 bits per heavy atom. The third kappa shape index (κ3) is 19.5. The molecule has 1 aromatic rings. The van der Waals surface area contributed by atoms with Gasteiger partial charge in [0.15, 0.2) is 0 Å². The molecule has 1 amide bonds. The highest BCUT2D eigenvalue weighted by atomic mass is 32.2. The van der Waals surface area contributed by atoms with Gasteiger partial charge in [-0.1, -0.05) is 149 Å². The smallest absolute Gasteiger partial charge is 0.126 e. The van der Waals surface area contributed by atoms with E-state index in [4.69, 9.17) is 0 Å². The monoisotopic (exact) mass is 665 g/mol. The molecule has 0 aliphatic carbocycles. The lowest BCUT2D eigenvalue weighted by Gasteiger charge is -2.28. The van der Waals surface area contributed by atoms with Crippen molar-refractivity contribution in [3.63, 3.8) is 0 Å². The van der Waals surface area contributed by atoms with Crippen molar-refractivity contribution in [2.75, 3.05) is 24.6 Å². The highest BCUT2D eigenvalue weighted by Gasteiger charge is 2.34. The summed E-state index contributed by atoms with van der Waals surface area (Å²) in [4.78, 5) is 10.9. The largest absolute Gasteiger partial charge is 0.537 e. The van der Waals surface area contributed by atoms with Crippen molar-refractivity contribution in [2.45, 2.75) is 187 Å². The zero-order valence-electron chi connectivity index (χ0n) is 30.1. The predicted octanol–water partition coefficient (Wildman–Crippen LogP) is 13.3. The van der Waals surface area contributed by atoms with Crippen LogP contribution in [0.25, 0.3) is 4.72 Å². The quantitative estimate of drug-likeness (QED) is 0.0661. The van der Waals surface area contributed by atoms with Gasteiger partial charge in [0.2, 0.25) is 0 Å². The predicted molar refractivity (Wildman–Crippen MR) is 201 cm³/mol. The maximum atomic E-state index is 11.1. The molecule has 0 bridgehead atoms. The molecule has 0 fully saturated rings. The number of unbranched alkanes of at least 4 members (excludes halogenated alkanes) is 20. The Labute approximate surface area is 281 Å². The van der Waals surface area contributed by atoms with Gasteiger partial charge in [-0.2, -0.15) is 0 Å². The van der Waals surface area contributed by atoms with E-state index in [-0.39, 0.29) is 10.5 Å². The maximum absolute atomic E-state index is 11.1. The lowest BCUT2D eigenvalue weighted by Crippen LogP contribution is -2.13. The Balaban J connectivity index is 0.000000689. The maximum Gasteiger partial charge on any atom is 0.126 e. The van der Waals surface area contributed by atoms with Crippen molar-refractivity contribution in [1.82, 2.24) is 0 Å². The Morgan fingerprint density at radius 2 is 0.800 bits per heavy atom. The van der Waals surface area contributed by atoms with E-state index in [0.29, 0.717) is 0 Å². The molecule has 45 heavy (non-hydrogen) atoms. The van der Waals surface area contributed by atoms with Crippen molar-refractivity contribution in [2.24, 2.45) is 0 Å². The van der Waals surface area contributed by atoms with Gasteiger partial charge in [0.1, 0.15) is 10.0 Å². The minimum atomic E-state index is -3.68. The Morgan fingerprint density at radius 1 is 0.489 bits per heavy atom. The molecule has 0 atom stereocenters. The summed E-state index contributed by atoms with van der Waals surface area (Å²) in [5.41, 5.74) is 0.164. The molecule has 262 valence electrons. The van der Waals surface area contributed by atoms with Gasteiger partial charge in [-0.3, -0.25) is 0 Å². The number of carbonyl (C=O) groups excluding carboxylic acids is 1. The van der Waals surface area contributed by atoms with E-state index < -0.39 is 23.2 Å². The van der Waals surface area contributed by atoms with Crippen LogP contribution in [0.3, 0.4) is 0 Å². The second-order valence-electron chi connectivity index (χ2n) is 13.7. The van der Waals surface area contributed by atoms with Crippen LogP contribution in [-0.2, 0) is 10.0 Å². The van der Waals surface area contributed by atoms with Crippen molar-refractivity contribution in [3.8, 4) is 0 Å². The van der Waals surface area contributed by atoms with Gasteiger partial charge in [-0.05, 0) is 57.4 Å². The number of benzene rings is 1. The summed E-state index contributed by atoms with van der Waals surface area (Å²) in [6, 6.07) is 5.99. The number of carbonyl (C=O) groups is 1. The van der Waals surface area contributed by atoms with Gasteiger partial charge in [-0.15, -0.1) is 0 Å². The summed E-state index contributed by atoms with van der Waals surface area (Å²) in [5.74, 6) is -0.675. The molecule has 1 heterocycles. The molecule has 0 unspecified atom stereocenters. The first-order valence-corrected chi connectivity index (χ1v) is 23.3. The van der Waals surface area contributed by atoms with E-state index in [2.05, 4.69) is 32.4 Å². The normalized spacial score (nSPS) is 13.7. The molecule has 0 radical (unpaired) electrons. The molecule has 0 N–H and O–H groups in total. The van der Waals surface area contributed by atoms with Crippen molar-refractivity contribution < 1.29 is 13.2 Å². The number of sulfonamides is 1. The Bertz CT molecular complexity index is 934. The summed E-state index contributed by atoms with van der Waals surface area (Å²) >= 11 is 0. The summed E-state index contributed by atoms with van der Waals surface area (Å²) in [5, 5.41) is 0. The van der Waals surface area contributed by atoms with E-state index in [1.54, 1.807) is 62.5 Å². The van der Waals surface area contributed by atoms with Crippen LogP contribution in [0.15, 0.2) is 29.2 Å². The van der Waals surface area contributed by atoms with Crippen molar-refractivity contribution in [3.05, 3.63) is 34.6 Å². The zero-order chi connectivity index (χ0) is 33.1. The van der Waals surface area contributed by atoms with Gasteiger partial charge in [0, 0.05) is 12.8 Å². The van der Waals surface area contributed by atoms with Crippen LogP contribution in [0.5, 0.6) is 0 Å². The number of rotatable bonds is 28. The highest BCUT2D eigenvalue weighted by Crippen LogP contribution is 2.61. The van der Waals surface area contributed by atoms with Crippen LogP contribution >= 0.6 is 7.26 Å². The summed E-state index contributed by atoms with van der Waals surface area (Å²) in [6.07, 6.45) is 42.1. The van der Waals surface area contributed by atoms with Gasteiger partial charge in [0.25, 0.3) is 0 Å². The van der Waals surface area contributed by atoms with E-state index >= 15 is 0 Å². The topological polar surface area (TPSA) is 65.3 Å². The summed E-state index contributed by atoms with van der Waals surface area (Å²) in [7, 11) is -4.38. The molecule has 0 saturated carbocycles. The fourth-order valence-electron chi connectivity index (χ4n) is 6.66. The minimum absolute atomic E-state index is 0.00926. The number of nitrogens with zero attached hydrogens (tertiary/aromatic N) is 1. The van der Waals surface area contributed by atoms with E-state index in [0.717, 1.165) is 0 Å². The minimum Gasteiger partial charge on any atom is -0.537 e. The van der Waals surface area contributed by atoms with Gasteiger partial charge in [-0.25, -0.2) is 8.42 Å². The molecular weight excluding hydrogens is 593 g/mol. The SMILES string of the molecule is CCCCCCCCCCCCCC[P+](CCCCCC)(CCCCCC)CCCCCC.O=C1[N-]S(=O)(=O)c2ccccc21. The first kappa shape index (κ1) is 42.1. The third-order valence-electron chi connectivity index (χ3n) is 9.54. The second-order valence-corrected chi connectivity index (χ2v) is 19.7. The molecule has 6 heteroatoms.